The summed E-state index contributed by atoms with van der Waals surface area (Å²) in [4.78, 5) is 22.9. The van der Waals surface area contributed by atoms with Crippen LogP contribution in [0.15, 0.2) is 36.9 Å². The van der Waals surface area contributed by atoms with Gasteiger partial charge in [0.15, 0.2) is 6.04 Å². The maximum atomic E-state index is 11.8. The van der Waals surface area contributed by atoms with Gasteiger partial charge in [0.25, 0.3) is 0 Å². The molecule has 0 aliphatic rings. The molecule has 0 aliphatic carbocycles. The molecule has 1 unspecified atom stereocenters. The molecule has 1 rings (SSSR count). The molecule has 0 bridgehead atoms. The van der Waals surface area contributed by atoms with Crippen molar-refractivity contribution in [2.45, 2.75) is 32.2 Å². The normalized spacial score (nSPS) is 11.7. The third-order valence-corrected chi connectivity index (χ3v) is 3.23. The van der Waals surface area contributed by atoms with Crippen LogP contribution < -0.4 is 5.32 Å². The summed E-state index contributed by atoms with van der Waals surface area (Å²) in [5, 5.41) is 11.5. The maximum Gasteiger partial charge on any atom is 0.328 e. The van der Waals surface area contributed by atoms with E-state index in [0.29, 0.717) is 6.42 Å². The highest BCUT2D eigenvalue weighted by molar-refractivity contribution is 5.83. The van der Waals surface area contributed by atoms with Crippen LogP contribution in [0, 0.1) is 0 Å². The molecule has 1 amide bonds. The van der Waals surface area contributed by atoms with Crippen LogP contribution in [0.2, 0.25) is 0 Å². The van der Waals surface area contributed by atoms with Crippen molar-refractivity contribution in [2.24, 2.45) is 0 Å². The Labute approximate surface area is 131 Å². The second kappa shape index (κ2) is 9.73. The molecule has 5 heteroatoms. The number of amides is 1. The van der Waals surface area contributed by atoms with Gasteiger partial charge in [-0.2, -0.15) is 0 Å². The Morgan fingerprint density at radius 3 is 2.50 bits per heavy atom. The van der Waals surface area contributed by atoms with Crippen LogP contribution >= 0.6 is 0 Å². The highest BCUT2D eigenvalue weighted by Crippen LogP contribution is 2.07. The lowest BCUT2D eigenvalue weighted by atomic mass is 10.1. The van der Waals surface area contributed by atoms with Crippen LogP contribution in [0.3, 0.4) is 0 Å². The first-order chi connectivity index (χ1) is 10.6. The minimum Gasteiger partial charge on any atom is -0.480 e. The number of benzene rings is 1. The van der Waals surface area contributed by atoms with E-state index in [0.717, 1.165) is 12.0 Å². The zero-order valence-electron chi connectivity index (χ0n) is 12.9. The average molecular weight is 305 g/mol. The van der Waals surface area contributed by atoms with Gasteiger partial charge in [-0.3, -0.25) is 4.79 Å². The van der Waals surface area contributed by atoms with Crippen LogP contribution in [-0.4, -0.2) is 36.2 Å². The molecule has 0 aliphatic heterocycles. The van der Waals surface area contributed by atoms with E-state index in [1.807, 2.05) is 24.3 Å². The summed E-state index contributed by atoms with van der Waals surface area (Å²) >= 11 is 0. The third-order valence-electron chi connectivity index (χ3n) is 3.23. The third kappa shape index (κ3) is 6.54. The topological polar surface area (TPSA) is 75.6 Å². The van der Waals surface area contributed by atoms with Crippen LogP contribution in [0.5, 0.6) is 0 Å². The smallest absolute Gasteiger partial charge is 0.328 e. The fourth-order valence-corrected chi connectivity index (χ4v) is 1.91. The number of carboxylic acid groups (broad SMARTS) is 1. The number of carboxylic acids is 1. The predicted molar refractivity (Wildman–Crippen MR) is 84.7 cm³/mol. The van der Waals surface area contributed by atoms with E-state index in [2.05, 4.69) is 18.8 Å². The van der Waals surface area contributed by atoms with Crippen LogP contribution in [0.4, 0.5) is 0 Å². The largest absolute Gasteiger partial charge is 0.480 e. The van der Waals surface area contributed by atoms with E-state index < -0.39 is 12.0 Å². The van der Waals surface area contributed by atoms with Gasteiger partial charge in [-0.05, 0) is 24.0 Å². The lowest BCUT2D eigenvalue weighted by Gasteiger charge is -2.14. The van der Waals surface area contributed by atoms with Crippen LogP contribution in [-0.2, 0) is 27.2 Å². The summed E-state index contributed by atoms with van der Waals surface area (Å²) in [6.07, 6.45) is 3.33. The molecule has 0 fully saturated rings. The number of carbonyl (C=O) groups excluding carboxylic acids is 1. The fraction of sp³-hybridized carbons (Fsp3) is 0.412. The molecule has 0 saturated heterocycles. The first kappa shape index (κ1) is 17.9. The van der Waals surface area contributed by atoms with Gasteiger partial charge < -0.3 is 15.2 Å². The molecule has 5 nitrogen and oxygen atoms in total. The average Bonchev–Trinajstić information content (AvgIpc) is 2.52. The van der Waals surface area contributed by atoms with Crippen LogP contribution in [0.25, 0.3) is 0 Å². The number of aryl methyl sites for hydroxylation is 2. The summed E-state index contributed by atoms with van der Waals surface area (Å²) < 4.78 is 5.08. The van der Waals surface area contributed by atoms with Crippen molar-refractivity contribution in [3.8, 4) is 0 Å². The quantitative estimate of drug-likeness (QED) is 0.512. The Morgan fingerprint density at radius 1 is 1.32 bits per heavy atom. The molecule has 1 aromatic rings. The molecule has 0 saturated carbocycles. The zero-order valence-corrected chi connectivity index (χ0v) is 12.9. The minimum absolute atomic E-state index is 0.0711. The summed E-state index contributed by atoms with van der Waals surface area (Å²) in [6, 6.07) is 7.03. The Kier molecular flexibility index (Phi) is 7.92. The lowest BCUT2D eigenvalue weighted by molar-refractivity contribution is -0.143. The first-order valence-electron chi connectivity index (χ1n) is 7.35. The van der Waals surface area contributed by atoms with Gasteiger partial charge >= 0.3 is 5.97 Å². The highest BCUT2D eigenvalue weighted by atomic mass is 16.5. The Balaban J connectivity index is 2.42. The van der Waals surface area contributed by atoms with Crippen molar-refractivity contribution >= 4 is 11.9 Å². The molecule has 1 aromatic carbocycles. The van der Waals surface area contributed by atoms with Gasteiger partial charge in [0.05, 0.1) is 13.2 Å². The number of aliphatic carboxylic acids is 1. The summed E-state index contributed by atoms with van der Waals surface area (Å²) in [7, 11) is 0. The summed E-state index contributed by atoms with van der Waals surface area (Å²) in [5.41, 5.74) is 2.31. The lowest BCUT2D eigenvalue weighted by Crippen LogP contribution is -2.44. The SMILES string of the molecule is C=CCOCC(NC(=O)CCc1ccc(CC)cc1)C(=O)O. The van der Waals surface area contributed by atoms with Crippen molar-refractivity contribution in [3.63, 3.8) is 0 Å². The molecule has 2 N–H and O–H groups in total. The molecule has 120 valence electrons. The Bertz CT molecular complexity index is 496. The number of rotatable bonds is 10. The number of hydrogen-bond acceptors (Lipinski definition) is 3. The molecule has 1 atom stereocenters. The number of carbonyl (C=O) groups is 2. The second-order valence-corrected chi connectivity index (χ2v) is 4.95. The fourth-order valence-electron chi connectivity index (χ4n) is 1.91. The molecular formula is C17H23NO4. The molecule has 0 radical (unpaired) electrons. The van der Waals surface area contributed by atoms with Gasteiger partial charge in [-0.15, -0.1) is 6.58 Å². The number of hydrogen-bond donors (Lipinski definition) is 2. The van der Waals surface area contributed by atoms with Gasteiger partial charge in [0.1, 0.15) is 0 Å². The number of ether oxygens (including phenoxy) is 1. The summed E-state index contributed by atoms with van der Waals surface area (Å²) in [5.74, 6) is -1.40. The van der Waals surface area contributed by atoms with E-state index in [1.165, 1.54) is 11.6 Å². The van der Waals surface area contributed by atoms with Crippen molar-refractivity contribution in [2.75, 3.05) is 13.2 Å². The van der Waals surface area contributed by atoms with Crippen LogP contribution in [0.1, 0.15) is 24.5 Å². The van der Waals surface area contributed by atoms with E-state index in [1.54, 1.807) is 0 Å². The van der Waals surface area contributed by atoms with Gasteiger partial charge in [-0.1, -0.05) is 37.3 Å². The van der Waals surface area contributed by atoms with Gasteiger partial charge in [0, 0.05) is 6.42 Å². The Morgan fingerprint density at radius 2 is 1.95 bits per heavy atom. The van der Waals surface area contributed by atoms with Gasteiger partial charge in [0.2, 0.25) is 5.91 Å². The van der Waals surface area contributed by atoms with Crippen molar-refractivity contribution in [3.05, 3.63) is 48.0 Å². The first-order valence-corrected chi connectivity index (χ1v) is 7.35. The van der Waals surface area contributed by atoms with Crippen molar-refractivity contribution in [1.82, 2.24) is 5.32 Å². The molecule has 0 heterocycles. The standard InChI is InChI=1S/C17H23NO4/c1-3-11-22-12-15(17(20)21)18-16(19)10-9-14-7-5-13(4-2)6-8-14/h3,5-8,15H,1,4,9-12H2,2H3,(H,18,19)(H,20,21). The van der Waals surface area contributed by atoms with E-state index in [9.17, 15) is 9.59 Å². The summed E-state index contributed by atoms with van der Waals surface area (Å²) in [6.45, 7) is 5.75. The Hall–Kier alpha value is -2.14. The van der Waals surface area contributed by atoms with E-state index in [4.69, 9.17) is 9.84 Å². The highest BCUT2D eigenvalue weighted by Gasteiger charge is 2.19. The molecular weight excluding hydrogens is 282 g/mol. The monoisotopic (exact) mass is 305 g/mol. The predicted octanol–water partition coefficient (Wildman–Crippen LogP) is 1.95. The van der Waals surface area contributed by atoms with E-state index in [-0.39, 0.29) is 25.5 Å². The zero-order chi connectivity index (χ0) is 16.4. The maximum absolute atomic E-state index is 11.8. The molecule has 0 aromatic heterocycles. The molecule has 22 heavy (non-hydrogen) atoms. The molecule has 0 spiro atoms. The van der Waals surface area contributed by atoms with E-state index >= 15 is 0 Å². The minimum atomic E-state index is -1.11. The van der Waals surface area contributed by atoms with Crippen molar-refractivity contribution < 1.29 is 19.4 Å². The van der Waals surface area contributed by atoms with Crippen molar-refractivity contribution in [1.29, 1.82) is 0 Å². The number of nitrogens with one attached hydrogen (secondary N) is 1. The second-order valence-electron chi connectivity index (χ2n) is 4.95. The van der Waals surface area contributed by atoms with Gasteiger partial charge in [-0.25, -0.2) is 4.79 Å².